The van der Waals surface area contributed by atoms with E-state index in [9.17, 15) is 0 Å². The molecule has 0 spiro atoms. The Bertz CT molecular complexity index is 1180. The molecule has 0 saturated carbocycles. The van der Waals surface area contributed by atoms with Crippen LogP contribution in [-0.2, 0) is 6.54 Å². The number of hydrogen-bond acceptors (Lipinski definition) is 3. The Morgan fingerprint density at radius 3 is 2.44 bits per heavy atom. The van der Waals surface area contributed by atoms with Gasteiger partial charge in [0.2, 0.25) is 0 Å². The maximum atomic E-state index is 6.17. The lowest BCUT2D eigenvalue weighted by Crippen LogP contribution is -2.12. The van der Waals surface area contributed by atoms with E-state index < -0.39 is 0 Å². The zero-order chi connectivity index (χ0) is 22.5. The Balaban J connectivity index is 1.41. The van der Waals surface area contributed by atoms with Crippen molar-refractivity contribution in [3.63, 3.8) is 0 Å². The molecule has 32 heavy (non-hydrogen) atoms. The summed E-state index contributed by atoms with van der Waals surface area (Å²) in [5.74, 6) is 2.64. The van der Waals surface area contributed by atoms with Gasteiger partial charge in [0.05, 0.1) is 17.6 Å². The van der Waals surface area contributed by atoms with Crippen LogP contribution in [0, 0.1) is 13.8 Å². The summed E-state index contributed by atoms with van der Waals surface area (Å²) in [5, 5.41) is 0.695. The number of fused-ring (bicyclic) bond motifs is 1. The zero-order valence-corrected chi connectivity index (χ0v) is 19.6. The average molecular weight is 449 g/mol. The normalized spacial score (nSPS) is 12.1. The lowest BCUT2D eigenvalue weighted by molar-refractivity contribution is 0.211. The molecule has 0 amide bonds. The summed E-state index contributed by atoms with van der Waals surface area (Å²) in [7, 11) is 0. The Kier molecular flexibility index (Phi) is 7.01. The van der Waals surface area contributed by atoms with Gasteiger partial charge in [-0.1, -0.05) is 29.8 Å². The first-order chi connectivity index (χ1) is 15.5. The summed E-state index contributed by atoms with van der Waals surface area (Å²) in [5.41, 5.74) is 4.66. The fraction of sp³-hybridized carbons (Fsp3) is 0.296. The number of halogens is 1. The van der Waals surface area contributed by atoms with E-state index in [4.69, 9.17) is 26.1 Å². The van der Waals surface area contributed by atoms with Crippen molar-refractivity contribution >= 4 is 22.6 Å². The highest BCUT2D eigenvalue weighted by Crippen LogP contribution is 2.26. The summed E-state index contributed by atoms with van der Waals surface area (Å²) in [6.45, 7) is 7.82. The predicted molar refractivity (Wildman–Crippen MR) is 131 cm³/mol. The Morgan fingerprint density at radius 2 is 1.66 bits per heavy atom. The van der Waals surface area contributed by atoms with Gasteiger partial charge in [0.1, 0.15) is 11.5 Å². The Hall–Kier alpha value is -2.98. The van der Waals surface area contributed by atoms with E-state index in [1.54, 1.807) is 0 Å². The smallest absolute Gasteiger partial charge is 0.153 e. The summed E-state index contributed by atoms with van der Waals surface area (Å²) < 4.78 is 14.4. The van der Waals surface area contributed by atoms with Crippen LogP contribution in [0.25, 0.3) is 11.0 Å². The lowest BCUT2D eigenvalue weighted by Gasteiger charge is -2.17. The minimum Gasteiger partial charge on any atom is -0.494 e. The number of aryl methyl sites for hydroxylation is 3. The molecule has 5 heteroatoms. The van der Waals surface area contributed by atoms with E-state index in [0.29, 0.717) is 11.6 Å². The van der Waals surface area contributed by atoms with Gasteiger partial charge >= 0.3 is 0 Å². The molecule has 4 rings (SSSR count). The molecular formula is C27H29ClN2O2. The molecule has 166 valence electrons. The van der Waals surface area contributed by atoms with Crippen LogP contribution < -0.4 is 9.47 Å². The van der Waals surface area contributed by atoms with Crippen LogP contribution in [0.1, 0.15) is 42.8 Å². The lowest BCUT2D eigenvalue weighted by atomic mass is 10.1. The number of benzene rings is 3. The fourth-order valence-electron chi connectivity index (χ4n) is 3.78. The first-order valence-corrected chi connectivity index (χ1v) is 11.5. The molecule has 0 aliphatic rings. The molecule has 0 aliphatic heterocycles. The summed E-state index contributed by atoms with van der Waals surface area (Å²) in [4.78, 5) is 4.87. The van der Waals surface area contributed by atoms with Crippen molar-refractivity contribution in [2.75, 3.05) is 6.61 Å². The molecule has 1 aromatic heterocycles. The molecule has 4 aromatic rings. The topological polar surface area (TPSA) is 36.3 Å². The van der Waals surface area contributed by atoms with Gasteiger partial charge in [-0.2, -0.15) is 0 Å². The van der Waals surface area contributed by atoms with Gasteiger partial charge in [-0.3, -0.25) is 0 Å². The van der Waals surface area contributed by atoms with E-state index in [0.717, 1.165) is 47.7 Å². The number of ether oxygens (including phenoxy) is 2. The number of aromatic nitrogens is 2. The van der Waals surface area contributed by atoms with E-state index in [2.05, 4.69) is 42.7 Å². The number of unbranched alkanes of at least 4 members (excludes halogenated alkanes) is 1. The third-order valence-corrected chi connectivity index (χ3v) is 5.95. The van der Waals surface area contributed by atoms with E-state index in [1.165, 1.54) is 11.1 Å². The largest absolute Gasteiger partial charge is 0.494 e. The third-order valence-electron chi connectivity index (χ3n) is 5.70. The highest BCUT2D eigenvalue weighted by molar-refractivity contribution is 6.30. The zero-order valence-electron chi connectivity index (χ0n) is 18.8. The van der Waals surface area contributed by atoms with Gasteiger partial charge in [-0.15, -0.1) is 0 Å². The van der Waals surface area contributed by atoms with Crippen LogP contribution >= 0.6 is 11.6 Å². The van der Waals surface area contributed by atoms with Gasteiger partial charge in [-0.25, -0.2) is 4.98 Å². The van der Waals surface area contributed by atoms with Crippen LogP contribution in [0.4, 0.5) is 0 Å². The first-order valence-electron chi connectivity index (χ1n) is 11.1. The third kappa shape index (κ3) is 5.25. The molecule has 4 nitrogen and oxygen atoms in total. The van der Waals surface area contributed by atoms with Crippen LogP contribution in [0.15, 0.2) is 66.7 Å². The molecule has 1 atom stereocenters. The molecule has 0 aliphatic carbocycles. The molecule has 0 N–H and O–H groups in total. The van der Waals surface area contributed by atoms with Crippen molar-refractivity contribution in [2.45, 2.75) is 46.3 Å². The van der Waals surface area contributed by atoms with E-state index >= 15 is 0 Å². The monoisotopic (exact) mass is 448 g/mol. The van der Waals surface area contributed by atoms with Gasteiger partial charge in [-0.05, 0) is 93.3 Å². The highest BCUT2D eigenvalue weighted by Gasteiger charge is 2.18. The number of nitrogens with zero attached hydrogens (tertiary/aromatic N) is 2. The molecular weight excluding hydrogens is 420 g/mol. The molecule has 3 aromatic carbocycles. The van der Waals surface area contributed by atoms with E-state index in [1.807, 2.05) is 49.4 Å². The standard InChI is InChI=1S/C27H29ClN2O2/c1-19-10-13-24(18-20(19)2)31-17-7-6-16-30-26-9-5-4-8-25(26)29-27(30)21(3)32-23-14-11-22(28)12-15-23/h4-5,8-15,18,21H,6-7,16-17H2,1-3H3. The number of rotatable bonds is 9. The molecule has 0 bridgehead atoms. The molecule has 0 radical (unpaired) electrons. The minimum absolute atomic E-state index is 0.185. The van der Waals surface area contributed by atoms with Crippen molar-refractivity contribution in [1.82, 2.24) is 9.55 Å². The average Bonchev–Trinajstić information content (AvgIpc) is 3.16. The minimum atomic E-state index is -0.185. The summed E-state index contributed by atoms with van der Waals surface area (Å²) in [6, 6.07) is 21.9. The quantitative estimate of drug-likeness (QED) is 0.252. The van der Waals surface area contributed by atoms with Crippen molar-refractivity contribution in [1.29, 1.82) is 0 Å². The molecule has 0 fully saturated rings. The van der Waals surface area contributed by atoms with Crippen molar-refractivity contribution in [3.05, 3.63) is 88.7 Å². The second kappa shape index (κ2) is 10.1. The highest BCUT2D eigenvalue weighted by atomic mass is 35.5. The van der Waals surface area contributed by atoms with Crippen LogP contribution in [0.2, 0.25) is 5.02 Å². The van der Waals surface area contributed by atoms with Gasteiger partial charge < -0.3 is 14.0 Å². The first kappa shape index (κ1) is 22.2. The predicted octanol–water partition coefficient (Wildman–Crippen LogP) is 7.31. The second-order valence-electron chi connectivity index (χ2n) is 8.13. The van der Waals surface area contributed by atoms with Crippen LogP contribution in [0.3, 0.4) is 0 Å². The van der Waals surface area contributed by atoms with Gasteiger partial charge in [0.25, 0.3) is 0 Å². The van der Waals surface area contributed by atoms with Crippen molar-refractivity contribution in [3.8, 4) is 11.5 Å². The number of imidazole rings is 1. The SMILES string of the molecule is Cc1ccc(OCCCCn2c(C(C)Oc3ccc(Cl)cc3)nc3ccccc32)cc1C. The second-order valence-corrected chi connectivity index (χ2v) is 8.56. The fourth-order valence-corrected chi connectivity index (χ4v) is 3.90. The molecule has 1 heterocycles. The van der Waals surface area contributed by atoms with Gasteiger partial charge in [0.15, 0.2) is 11.9 Å². The summed E-state index contributed by atoms with van der Waals surface area (Å²) in [6.07, 6.45) is 1.77. The van der Waals surface area contributed by atoms with Crippen LogP contribution in [-0.4, -0.2) is 16.2 Å². The number of hydrogen-bond donors (Lipinski definition) is 0. The molecule has 1 unspecified atom stereocenters. The van der Waals surface area contributed by atoms with Crippen LogP contribution in [0.5, 0.6) is 11.5 Å². The number of para-hydroxylation sites is 2. The Morgan fingerprint density at radius 1 is 0.906 bits per heavy atom. The Labute approximate surface area is 194 Å². The molecule has 0 saturated heterocycles. The van der Waals surface area contributed by atoms with E-state index in [-0.39, 0.29) is 6.10 Å². The maximum Gasteiger partial charge on any atom is 0.153 e. The van der Waals surface area contributed by atoms with Crippen molar-refractivity contribution in [2.24, 2.45) is 0 Å². The maximum absolute atomic E-state index is 6.17. The van der Waals surface area contributed by atoms with Gasteiger partial charge in [0, 0.05) is 11.6 Å². The van der Waals surface area contributed by atoms with Crippen molar-refractivity contribution < 1.29 is 9.47 Å². The summed E-state index contributed by atoms with van der Waals surface area (Å²) >= 11 is 6.00.